The number of methoxy groups -OCH3 is 1. The van der Waals surface area contributed by atoms with E-state index in [1.54, 1.807) is 40.0 Å². The van der Waals surface area contributed by atoms with Crippen LogP contribution in [0.2, 0.25) is 0 Å². The van der Waals surface area contributed by atoms with Gasteiger partial charge in [0.25, 0.3) is 0 Å². The molecular weight excluding hydrogens is 469 g/mol. The number of amides is 1. The molecule has 1 saturated heterocycles. The fourth-order valence-corrected chi connectivity index (χ4v) is 3.72. The predicted molar refractivity (Wildman–Crippen MR) is 121 cm³/mol. The van der Waals surface area contributed by atoms with E-state index in [1.165, 1.54) is 0 Å². The SMILES string of the molecule is COc1c(Br)cc(CC(NC(=O)OC(C)(C)C)C(=O)O)cc1B1OC(C)(C)C(C)(C)O1. The first kappa shape index (κ1) is 25.5. The van der Waals surface area contributed by atoms with E-state index in [-0.39, 0.29) is 6.42 Å². The molecule has 1 fully saturated rings. The second-order valence-corrected chi connectivity index (χ2v) is 10.4. The number of ether oxygens (including phenoxy) is 2. The van der Waals surface area contributed by atoms with Gasteiger partial charge in [0.1, 0.15) is 17.4 Å². The maximum absolute atomic E-state index is 12.1. The largest absolute Gasteiger partial charge is 0.498 e. The van der Waals surface area contributed by atoms with Gasteiger partial charge in [-0.1, -0.05) is 6.07 Å². The molecule has 1 aliphatic rings. The van der Waals surface area contributed by atoms with Crippen molar-refractivity contribution in [2.24, 2.45) is 0 Å². The van der Waals surface area contributed by atoms with Gasteiger partial charge in [0.15, 0.2) is 0 Å². The minimum absolute atomic E-state index is 0.0314. The van der Waals surface area contributed by atoms with Gasteiger partial charge in [0, 0.05) is 11.9 Å². The molecule has 0 spiro atoms. The second kappa shape index (κ2) is 9.00. The van der Waals surface area contributed by atoms with Crippen LogP contribution in [0.5, 0.6) is 5.75 Å². The van der Waals surface area contributed by atoms with Crippen molar-refractivity contribution in [3.05, 3.63) is 22.2 Å². The van der Waals surface area contributed by atoms with Gasteiger partial charge in [-0.05, 0) is 76.0 Å². The molecule has 0 radical (unpaired) electrons. The summed E-state index contributed by atoms with van der Waals surface area (Å²) in [5.74, 6) is -0.635. The zero-order valence-electron chi connectivity index (χ0n) is 19.3. The van der Waals surface area contributed by atoms with Crippen molar-refractivity contribution in [1.82, 2.24) is 5.32 Å². The van der Waals surface area contributed by atoms with Crippen LogP contribution in [-0.2, 0) is 25.3 Å². The van der Waals surface area contributed by atoms with E-state index in [1.807, 2.05) is 27.7 Å². The highest BCUT2D eigenvalue weighted by atomic mass is 79.9. The molecule has 1 unspecified atom stereocenters. The average molecular weight is 500 g/mol. The summed E-state index contributed by atoms with van der Waals surface area (Å²) < 4.78 is 23.6. The maximum Gasteiger partial charge on any atom is 0.498 e. The molecule has 2 rings (SSSR count). The van der Waals surface area contributed by atoms with E-state index < -0.39 is 42.0 Å². The van der Waals surface area contributed by atoms with Gasteiger partial charge in [0.2, 0.25) is 0 Å². The van der Waals surface area contributed by atoms with E-state index in [4.69, 9.17) is 18.8 Å². The first-order chi connectivity index (χ1) is 14.1. The maximum atomic E-state index is 12.1. The Labute approximate surface area is 192 Å². The molecule has 31 heavy (non-hydrogen) atoms. The average Bonchev–Trinajstić information content (AvgIpc) is 2.79. The van der Waals surface area contributed by atoms with Crippen LogP contribution in [-0.4, -0.2) is 54.2 Å². The monoisotopic (exact) mass is 499 g/mol. The van der Waals surface area contributed by atoms with Gasteiger partial charge in [0.05, 0.1) is 22.8 Å². The van der Waals surface area contributed by atoms with Crippen molar-refractivity contribution >= 4 is 40.6 Å². The van der Waals surface area contributed by atoms with Gasteiger partial charge in [-0.2, -0.15) is 0 Å². The molecule has 0 aromatic heterocycles. The van der Waals surface area contributed by atoms with Crippen LogP contribution in [0, 0.1) is 0 Å². The van der Waals surface area contributed by atoms with Crippen LogP contribution in [0.1, 0.15) is 54.0 Å². The van der Waals surface area contributed by atoms with Gasteiger partial charge in [-0.3, -0.25) is 0 Å². The van der Waals surface area contributed by atoms with Crippen LogP contribution in [0.4, 0.5) is 4.79 Å². The molecule has 2 N–H and O–H groups in total. The number of hydrogen-bond acceptors (Lipinski definition) is 6. The Morgan fingerprint density at radius 3 is 2.19 bits per heavy atom. The number of nitrogens with one attached hydrogen (secondary N) is 1. The van der Waals surface area contributed by atoms with Crippen LogP contribution in [0.15, 0.2) is 16.6 Å². The van der Waals surface area contributed by atoms with Crippen LogP contribution in [0.25, 0.3) is 0 Å². The number of carbonyl (C=O) groups is 2. The second-order valence-electron chi connectivity index (χ2n) is 9.53. The van der Waals surface area contributed by atoms with Crippen molar-refractivity contribution in [3.63, 3.8) is 0 Å². The Morgan fingerprint density at radius 1 is 1.19 bits per heavy atom. The highest BCUT2D eigenvalue weighted by molar-refractivity contribution is 9.10. The smallest absolute Gasteiger partial charge is 0.496 e. The molecule has 0 saturated carbocycles. The molecule has 1 atom stereocenters. The third-order valence-corrected chi connectivity index (χ3v) is 5.86. The van der Waals surface area contributed by atoms with Gasteiger partial charge in [-0.25, -0.2) is 9.59 Å². The number of rotatable bonds is 6. The Morgan fingerprint density at radius 2 is 1.74 bits per heavy atom. The number of aliphatic carboxylic acids is 1. The molecule has 1 aromatic carbocycles. The van der Waals surface area contributed by atoms with Gasteiger partial charge < -0.3 is 29.2 Å². The van der Waals surface area contributed by atoms with Gasteiger partial charge >= 0.3 is 19.2 Å². The van der Waals surface area contributed by atoms with Crippen molar-refractivity contribution in [3.8, 4) is 5.75 Å². The minimum atomic E-state index is -1.18. The fraction of sp³-hybridized carbons (Fsp3) is 0.619. The van der Waals surface area contributed by atoms with E-state index >= 15 is 0 Å². The summed E-state index contributed by atoms with van der Waals surface area (Å²) in [5, 5.41) is 12.0. The summed E-state index contributed by atoms with van der Waals surface area (Å²) in [6.07, 6.45) is -0.761. The Bertz CT molecular complexity index is 835. The van der Waals surface area contributed by atoms with E-state index in [0.29, 0.717) is 21.2 Å². The first-order valence-corrected chi connectivity index (χ1v) is 10.8. The van der Waals surface area contributed by atoms with Crippen molar-refractivity contribution in [2.45, 2.75) is 77.7 Å². The number of carboxylic acid groups (broad SMARTS) is 1. The standard InChI is InChI=1S/C21H31BBrNO7/c1-19(2,3)29-18(27)24-15(17(25)26)11-12-9-13(16(28-8)14(23)10-12)22-30-20(4,5)21(6,7)31-22/h9-10,15H,11H2,1-8H3,(H,24,27)(H,25,26). The third kappa shape index (κ3) is 6.14. The molecule has 0 bridgehead atoms. The van der Waals surface area contributed by atoms with Gasteiger partial charge in [-0.15, -0.1) is 0 Å². The number of benzene rings is 1. The molecule has 8 nitrogen and oxygen atoms in total. The number of hydrogen-bond donors (Lipinski definition) is 2. The topological polar surface area (TPSA) is 103 Å². The Kier molecular flexibility index (Phi) is 7.40. The fourth-order valence-electron chi connectivity index (χ4n) is 3.04. The molecule has 10 heteroatoms. The summed E-state index contributed by atoms with van der Waals surface area (Å²) in [6.45, 7) is 12.9. The van der Waals surface area contributed by atoms with Crippen LogP contribution < -0.4 is 15.5 Å². The van der Waals surface area contributed by atoms with Crippen LogP contribution >= 0.6 is 15.9 Å². The predicted octanol–water partition coefficient (Wildman–Crippen LogP) is 3.28. The third-order valence-electron chi connectivity index (χ3n) is 5.27. The normalized spacial score (nSPS) is 18.4. The lowest BCUT2D eigenvalue weighted by atomic mass is 9.77. The lowest BCUT2D eigenvalue weighted by Crippen LogP contribution is -2.45. The Hall–Kier alpha value is -1.78. The summed E-state index contributed by atoms with van der Waals surface area (Å²) >= 11 is 3.48. The molecular formula is C21H31BBrNO7. The summed E-state index contributed by atoms with van der Waals surface area (Å²) in [6, 6.07) is 2.35. The molecule has 1 aliphatic heterocycles. The van der Waals surface area contributed by atoms with E-state index in [2.05, 4.69) is 21.2 Å². The van der Waals surface area contributed by atoms with Crippen molar-refractivity contribution in [2.75, 3.05) is 7.11 Å². The first-order valence-electron chi connectivity index (χ1n) is 10.0. The van der Waals surface area contributed by atoms with E-state index in [9.17, 15) is 14.7 Å². The molecule has 1 aromatic rings. The number of carboxylic acids is 1. The highest BCUT2D eigenvalue weighted by Gasteiger charge is 2.52. The quantitative estimate of drug-likeness (QED) is 0.579. The lowest BCUT2D eigenvalue weighted by molar-refractivity contribution is -0.139. The summed E-state index contributed by atoms with van der Waals surface area (Å²) in [5.41, 5.74) is -0.548. The van der Waals surface area contributed by atoms with E-state index in [0.717, 1.165) is 0 Å². The molecule has 172 valence electrons. The summed E-state index contributed by atoms with van der Waals surface area (Å²) in [4.78, 5) is 23.9. The zero-order valence-corrected chi connectivity index (χ0v) is 20.9. The lowest BCUT2D eigenvalue weighted by Gasteiger charge is -2.32. The molecule has 1 heterocycles. The van der Waals surface area contributed by atoms with Crippen molar-refractivity contribution < 1.29 is 33.5 Å². The van der Waals surface area contributed by atoms with Crippen molar-refractivity contribution in [1.29, 1.82) is 0 Å². The number of carbonyl (C=O) groups excluding carboxylic acids is 1. The molecule has 1 amide bonds. The minimum Gasteiger partial charge on any atom is -0.496 e. The highest BCUT2D eigenvalue weighted by Crippen LogP contribution is 2.38. The summed E-state index contributed by atoms with van der Waals surface area (Å²) in [7, 11) is 0.844. The van der Waals surface area contributed by atoms with Crippen LogP contribution in [0.3, 0.4) is 0 Å². The molecule has 0 aliphatic carbocycles. The Balaban J connectivity index is 2.33. The zero-order chi connectivity index (χ0) is 23.8. The number of alkyl carbamates (subject to hydrolysis) is 1. The number of halogens is 1.